The van der Waals surface area contributed by atoms with Gasteiger partial charge in [0.05, 0.1) is 6.04 Å². The number of benzene rings is 1. The number of carbonyl (C=O) groups is 2. The van der Waals surface area contributed by atoms with Crippen molar-refractivity contribution in [2.24, 2.45) is 5.92 Å². The molecule has 108 valence electrons. The van der Waals surface area contributed by atoms with E-state index in [0.29, 0.717) is 18.4 Å². The molecule has 0 radical (unpaired) electrons. The first kappa shape index (κ1) is 14.7. The van der Waals surface area contributed by atoms with Crippen LogP contribution < -0.4 is 5.32 Å². The third-order valence-electron chi connectivity index (χ3n) is 3.64. The van der Waals surface area contributed by atoms with Gasteiger partial charge in [0.1, 0.15) is 5.82 Å². The van der Waals surface area contributed by atoms with Crippen molar-refractivity contribution >= 4 is 11.8 Å². The monoisotopic (exact) mass is 278 g/mol. The lowest BCUT2D eigenvalue weighted by atomic mass is 9.96. The highest BCUT2D eigenvalue weighted by Crippen LogP contribution is 2.23. The number of hydrogen-bond acceptors (Lipinski definition) is 3. The highest BCUT2D eigenvalue weighted by molar-refractivity contribution is 5.97. The van der Waals surface area contributed by atoms with Gasteiger partial charge in [0.15, 0.2) is 0 Å². The SMILES string of the molecule is CNC(CN1C(=O)CC(C)CC1=O)c1ccccc1F. The molecule has 1 aliphatic heterocycles. The second kappa shape index (κ2) is 6.13. The van der Waals surface area contributed by atoms with Gasteiger partial charge in [-0.3, -0.25) is 14.5 Å². The van der Waals surface area contributed by atoms with Crippen molar-refractivity contribution in [1.29, 1.82) is 0 Å². The summed E-state index contributed by atoms with van der Waals surface area (Å²) in [6.07, 6.45) is 0.749. The topological polar surface area (TPSA) is 49.4 Å². The molecule has 1 aromatic carbocycles. The Balaban J connectivity index is 2.16. The number of carbonyl (C=O) groups excluding carboxylic acids is 2. The first-order chi connectivity index (χ1) is 9.52. The Kier molecular flexibility index (Phi) is 4.49. The Labute approximate surface area is 118 Å². The summed E-state index contributed by atoms with van der Waals surface area (Å²) in [7, 11) is 1.69. The highest BCUT2D eigenvalue weighted by atomic mass is 19.1. The second-order valence-corrected chi connectivity index (χ2v) is 5.27. The van der Waals surface area contributed by atoms with Gasteiger partial charge >= 0.3 is 0 Å². The Hall–Kier alpha value is -1.75. The van der Waals surface area contributed by atoms with Gasteiger partial charge in [0.25, 0.3) is 0 Å². The van der Waals surface area contributed by atoms with Crippen molar-refractivity contribution in [2.45, 2.75) is 25.8 Å². The number of imide groups is 1. The van der Waals surface area contributed by atoms with E-state index in [2.05, 4.69) is 5.32 Å². The first-order valence-corrected chi connectivity index (χ1v) is 6.77. The van der Waals surface area contributed by atoms with Crippen LogP contribution in [0, 0.1) is 11.7 Å². The standard InChI is InChI=1S/C15H19FN2O2/c1-10-7-14(19)18(15(20)8-10)9-13(17-2)11-5-3-4-6-12(11)16/h3-6,10,13,17H,7-9H2,1-2H3. The molecule has 4 nitrogen and oxygen atoms in total. The van der Waals surface area contributed by atoms with Gasteiger partial charge in [-0.2, -0.15) is 0 Å². The van der Waals surface area contributed by atoms with Crippen LogP contribution in [-0.2, 0) is 9.59 Å². The second-order valence-electron chi connectivity index (χ2n) is 5.27. The fraction of sp³-hybridized carbons (Fsp3) is 0.467. The van der Waals surface area contributed by atoms with Gasteiger partial charge in [0, 0.05) is 24.9 Å². The zero-order valence-corrected chi connectivity index (χ0v) is 11.7. The molecule has 20 heavy (non-hydrogen) atoms. The summed E-state index contributed by atoms with van der Waals surface area (Å²) in [6, 6.07) is 6.01. The summed E-state index contributed by atoms with van der Waals surface area (Å²) in [4.78, 5) is 25.2. The molecular formula is C15H19FN2O2. The molecule has 1 aromatic rings. The minimum atomic E-state index is -0.391. The number of nitrogens with zero attached hydrogens (tertiary/aromatic N) is 1. The molecule has 0 spiro atoms. The molecule has 2 rings (SSSR count). The van der Waals surface area contributed by atoms with E-state index in [0.717, 1.165) is 0 Å². The Bertz CT molecular complexity index is 500. The van der Waals surface area contributed by atoms with Crippen LogP contribution in [0.2, 0.25) is 0 Å². The van der Waals surface area contributed by atoms with E-state index in [9.17, 15) is 14.0 Å². The number of likely N-dealkylation sites (tertiary alicyclic amines) is 1. The zero-order valence-electron chi connectivity index (χ0n) is 11.7. The molecule has 1 aliphatic rings. The molecule has 0 aromatic heterocycles. The molecule has 5 heteroatoms. The van der Waals surface area contributed by atoms with Crippen LogP contribution in [0.1, 0.15) is 31.4 Å². The van der Waals surface area contributed by atoms with Crippen LogP contribution in [-0.4, -0.2) is 30.3 Å². The molecule has 1 atom stereocenters. The lowest BCUT2D eigenvalue weighted by molar-refractivity contribution is -0.150. The Morgan fingerprint density at radius 3 is 2.45 bits per heavy atom. The van der Waals surface area contributed by atoms with Gasteiger partial charge in [-0.05, 0) is 19.0 Å². The molecule has 0 bridgehead atoms. The highest BCUT2D eigenvalue weighted by Gasteiger charge is 2.32. The maximum Gasteiger partial charge on any atom is 0.229 e. The number of rotatable bonds is 4. The van der Waals surface area contributed by atoms with Crippen molar-refractivity contribution < 1.29 is 14.0 Å². The number of hydrogen-bond donors (Lipinski definition) is 1. The van der Waals surface area contributed by atoms with E-state index in [1.807, 2.05) is 6.92 Å². The van der Waals surface area contributed by atoms with E-state index < -0.39 is 6.04 Å². The number of piperidine rings is 1. The molecule has 1 fully saturated rings. The minimum absolute atomic E-state index is 0.0905. The number of amides is 2. The number of nitrogens with one attached hydrogen (secondary N) is 1. The first-order valence-electron chi connectivity index (χ1n) is 6.77. The van der Waals surface area contributed by atoms with E-state index >= 15 is 0 Å². The summed E-state index contributed by atoms with van der Waals surface area (Å²) >= 11 is 0. The van der Waals surface area contributed by atoms with Crippen molar-refractivity contribution in [1.82, 2.24) is 10.2 Å². The molecule has 0 aliphatic carbocycles. The van der Waals surface area contributed by atoms with E-state index in [1.54, 1.807) is 25.2 Å². The average molecular weight is 278 g/mol. The van der Waals surface area contributed by atoms with Crippen molar-refractivity contribution in [3.63, 3.8) is 0 Å². The Morgan fingerprint density at radius 2 is 1.90 bits per heavy atom. The van der Waals surface area contributed by atoms with Crippen molar-refractivity contribution in [3.8, 4) is 0 Å². The van der Waals surface area contributed by atoms with Crippen molar-refractivity contribution in [3.05, 3.63) is 35.6 Å². The van der Waals surface area contributed by atoms with Gasteiger partial charge < -0.3 is 5.32 Å². The quantitative estimate of drug-likeness (QED) is 0.855. The molecule has 1 unspecified atom stereocenters. The lowest BCUT2D eigenvalue weighted by Gasteiger charge is -2.31. The van der Waals surface area contributed by atoms with Crippen LogP contribution in [0.15, 0.2) is 24.3 Å². The average Bonchev–Trinajstić information content (AvgIpc) is 2.39. The van der Waals surface area contributed by atoms with Crippen molar-refractivity contribution in [2.75, 3.05) is 13.6 Å². The van der Waals surface area contributed by atoms with Gasteiger partial charge in [0.2, 0.25) is 11.8 Å². The van der Waals surface area contributed by atoms with Crippen LogP contribution in [0.3, 0.4) is 0 Å². The smallest absolute Gasteiger partial charge is 0.229 e. The summed E-state index contributed by atoms with van der Waals surface area (Å²) in [5.74, 6) is -0.597. The summed E-state index contributed by atoms with van der Waals surface area (Å²) in [5.41, 5.74) is 0.467. The van der Waals surface area contributed by atoms with Crippen LogP contribution in [0.4, 0.5) is 4.39 Å². The molecule has 2 amide bonds. The van der Waals surface area contributed by atoms with Crippen LogP contribution >= 0.6 is 0 Å². The number of halogens is 1. The maximum atomic E-state index is 13.8. The number of likely N-dealkylation sites (N-methyl/N-ethyl adjacent to an activating group) is 1. The molecule has 1 heterocycles. The molecular weight excluding hydrogens is 259 g/mol. The summed E-state index contributed by atoms with van der Waals surface area (Å²) in [5, 5.41) is 2.97. The third-order valence-corrected chi connectivity index (χ3v) is 3.64. The van der Waals surface area contributed by atoms with Crippen LogP contribution in [0.25, 0.3) is 0 Å². The van der Waals surface area contributed by atoms with Gasteiger partial charge in [-0.1, -0.05) is 25.1 Å². The summed E-state index contributed by atoms with van der Waals surface area (Å²) in [6.45, 7) is 2.06. The van der Waals surface area contributed by atoms with Gasteiger partial charge in [-0.15, -0.1) is 0 Å². The maximum absolute atomic E-state index is 13.8. The predicted octanol–water partition coefficient (Wildman–Crippen LogP) is 1.87. The Morgan fingerprint density at radius 1 is 1.30 bits per heavy atom. The fourth-order valence-electron chi connectivity index (χ4n) is 2.52. The molecule has 0 saturated carbocycles. The largest absolute Gasteiger partial charge is 0.311 e. The fourth-order valence-corrected chi connectivity index (χ4v) is 2.52. The zero-order chi connectivity index (χ0) is 14.7. The van der Waals surface area contributed by atoms with Gasteiger partial charge in [-0.25, -0.2) is 4.39 Å². The normalized spacial score (nSPS) is 18.4. The lowest BCUT2D eigenvalue weighted by Crippen LogP contribution is -2.46. The molecule has 1 saturated heterocycles. The predicted molar refractivity (Wildman–Crippen MR) is 73.3 cm³/mol. The minimum Gasteiger partial charge on any atom is -0.311 e. The third kappa shape index (κ3) is 3.04. The van der Waals surface area contributed by atoms with E-state index in [1.165, 1.54) is 11.0 Å². The summed E-state index contributed by atoms with van der Waals surface area (Å²) < 4.78 is 13.8. The van der Waals surface area contributed by atoms with E-state index in [-0.39, 0.29) is 30.1 Å². The van der Waals surface area contributed by atoms with Crippen LogP contribution in [0.5, 0.6) is 0 Å². The molecule has 1 N–H and O–H groups in total. The van der Waals surface area contributed by atoms with E-state index in [4.69, 9.17) is 0 Å².